The van der Waals surface area contributed by atoms with Crippen LogP contribution in [0.5, 0.6) is 11.5 Å². The summed E-state index contributed by atoms with van der Waals surface area (Å²) in [5.41, 5.74) is 1.11. The molecule has 3 rings (SSSR count). The molecule has 1 fully saturated rings. The highest BCUT2D eigenvalue weighted by Gasteiger charge is 2.29. The standard InChI is InChI=1S/C18H22N2O3S.ClH/c1-14-4-3-5-17(12-14)23-16-6-8-18(9-7-16)24(21,22)20(2)15-10-11-19-13-15;/h3-9,12,15,19H,10-11,13H2,1-2H3;1H. The first kappa shape index (κ1) is 19.7. The van der Waals surface area contributed by atoms with Crippen LogP contribution in [0.3, 0.4) is 0 Å². The number of nitrogens with zero attached hydrogens (tertiary/aromatic N) is 1. The van der Waals surface area contributed by atoms with E-state index in [2.05, 4.69) is 5.32 Å². The summed E-state index contributed by atoms with van der Waals surface area (Å²) in [5.74, 6) is 1.35. The molecule has 0 radical (unpaired) electrons. The first-order valence-corrected chi connectivity index (χ1v) is 9.44. The van der Waals surface area contributed by atoms with Crippen molar-refractivity contribution in [3.05, 3.63) is 54.1 Å². The zero-order valence-electron chi connectivity index (χ0n) is 14.3. The van der Waals surface area contributed by atoms with Gasteiger partial charge in [-0.1, -0.05) is 12.1 Å². The van der Waals surface area contributed by atoms with Gasteiger partial charge in [0.1, 0.15) is 11.5 Å². The molecule has 1 saturated heterocycles. The van der Waals surface area contributed by atoms with Gasteiger partial charge in [-0.25, -0.2) is 8.42 Å². The predicted molar refractivity (Wildman–Crippen MR) is 101 cm³/mol. The van der Waals surface area contributed by atoms with Gasteiger partial charge in [-0.05, 0) is 61.9 Å². The van der Waals surface area contributed by atoms with Crippen LogP contribution in [0.15, 0.2) is 53.4 Å². The minimum Gasteiger partial charge on any atom is -0.457 e. The van der Waals surface area contributed by atoms with Gasteiger partial charge in [-0.15, -0.1) is 12.4 Å². The molecule has 5 nitrogen and oxygen atoms in total. The largest absolute Gasteiger partial charge is 0.457 e. The molecular formula is C18H23ClN2O3S. The SMILES string of the molecule is Cc1cccc(Oc2ccc(S(=O)(=O)N(C)C3CCNC3)cc2)c1.Cl. The highest BCUT2D eigenvalue weighted by molar-refractivity contribution is 7.89. The Labute approximate surface area is 155 Å². The summed E-state index contributed by atoms with van der Waals surface area (Å²) < 4.78 is 32.6. The lowest BCUT2D eigenvalue weighted by molar-refractivity contribution is 0.387. The lowest BCUT2D eigenvalue weighted by Crippen LogP contribution is -2.38. The Kier molecular flexibility index (Phi) is 6.46. The van der Waals surface area contributed by atoms with Gasteiger partial charge in [-0.2, -0.15) is 4.31 Å². The summed E-state index contributed by atoms with van der Waals surface area (Å²) >= 11 is 0. The molecule has 7 heteroatoms. The summed E-state index contributed by atoms with van der Waals surface area (Å²) in [6, 6.07) is 14.3. The van der Waals surface area contributed by atoms with Crippen molar-refractivity contribution in [1.82, 2.24) is 9.62 Å². The second-order valence-corrected chi connectivity index (χ2v) is 8.06. The molecule has 1 unspecified atom stereocenters. The van der Waals surface area contributed by atoms with Crippen LogP contribution in [-0.4, -0.2) is 38.9 Å². The van der Waals surface area contributed by atoms with Crippen LogP contribution in [0.1, 0.15) is 12.0 Å². The molecule has 1 atom stereocenters. The molecule has 2 aromatic rings. The van der Waals surface area contributed by atoms with E-state index in [9.17, 15) is 8.42 Å². The van der Waals surface area contributed by atoms with Crippen LogP contribution in [0.2, 0.25) is 0 Å². The number of benzene rings is 2. The lowest BCUT2D eigenvalue weighted by Gasteiger charge is -2.23. The van der Waals surface area contributed by atoms with E-state index in [1.54, 1.807) is 31.3 Å². The molecule has 2 aromatic carbocycles. The first-order chi connectivity index (χ1) is 11.5. The molecule has 1 aliphatic rings. The highest BCUT2D eigenvalue weighted by Crippen LogP contribution is 2.25. The number of rotatable bonds is 5. The van der Waals surface area contributed by atoms with E-state index in [0.717, 1.165) is 24.3 Å². The minimum atomic E-state index is -3.48. The second-order valence-electron chi connectivity index (χ2n) is 6.06. The third kappa shape index (κ3) is 4.52. The number of ether oxygens (including phenoxy) is 1. The molecule has 25 heavy (non-hydrogen) atoms. The minimum absolute atomic E-state index is 0. The van der Waals surface area contributed by atoms with E-state index < -0.39 is 10.0 Å². The van der Waals surface area contributed by atoms with Gasteiger partial charge in [0, 0.05) is 19.6 Å². The van der Waals surface area contributed by atoms with Crippen LogP contribution in [0, 0.1) is 6.92 Å². The average Bonchev–Trinajstić information content (AvgIpc) is 3.09. The zero-order chi connectivity index (χ0) is 17.2. The molecule has 1 N–H and O–H groups in total. The molecule has 0 spiro atoms. The Morgan fingerprint density at radius 1 is 1.12 bits per heavy atom. The van der Waals surface area contributed by atoms with Crippen molar-refractivity contribution in [3.63, 3.8) is 0 Å². The third-order valence-electron chi connectivity index (χ3n) is 4.27. The molecular weight excluding hydrogens is 360 g/mol. The van der Waals surface area contributed by atoms with Gasteiger partial charge in [0.2, 0.25) is 10.0 Å². The molecule has 1 aliphatic heterocycles. The van der Waals surface area contributed by atoms with E-state index in [-0.39, 0.29) is 23.3 Å². The Bertz CT molecular complexity index is 803. The normalized spacial score (nSPS) is 17.3. The number of hydrogen-bond donors (Lipinski definition) is 1. The maximum atomic E-state index is 12.7. The van der Waals surface area contributed by atoms with E-state index in [0.29, 0.717) is 12.3 Å². The van der Waals surface area contributed by atoms with E-state index >= 15 is 0 Å². The number of halogens is 1. The molecule has 136 valence electrons. The number of likely N-dealkylation sites (N-methyl/N-ethyl adjacent to an activating group) is 1. The van der Waals surface area contributed by atoms with E-state index in [1.807, 2.05) is 31.2 Å². The van der Waals surface area contributed by atoms with Crippen molar-refractivity contribution in [3.8, 4) is 11.5 Å². The van der Waals surface area contributed by atoms with Crippen LogP contribution >= 0.6 is 12.4 Å². The average molecular weight is 383 g/mol. The first-order valence-electron chi connectivity index (χ1n) is 8.00. The van der Waals surface area contributed by atoms with Gasteiger partial charge >= 0.3 is 0 Å². The lowest BCUT2D eigenvalue weighted by atomic mass is 10.2. The van der Waals surface area contributed by atoms with Crippen LogP contribution in [0.25, 0.3) is 0 Å². The molecule has 0 saturated carbocycles. The molecule has 1 heterocycles. The van der Waals surface area contributed by atoms with Crippen molar-refractivity contribution < 1.29 is 13.2 Å². The van der Waals surface area contributed by atoms with Gasteiger partial charge in [0.15, 0.2) is 0 Å². The Morgan fingerprint density at radius 2 is 1.84 bits per heavy atom. The molecule has 0 amide bonds. The quantitative estimate of drug-likeness (QED) is 0.862. The van der Waals surface area contributed by atoms with Crippen molar-refractivity contribution in [2.24, 2.45) is 0 Å². The monoisotopic (exact) mass is 382 g/mol. The molecule has 0 aliphatic carbocycles. The smallest absolute Gasteiger partial charge is 0.243 e. The van der Waals surface area contributed by atoms with Gasteiger partial charge in [0.25, 0.3) is 0 Å². The highest BCUT2D eigenvalue weighted by atomic mass is 35.5. The zero-order valence-corrected chi connectivity index (χ0v) is 15.9. The van der Waals surface area contributed by atoms with Gasteiger partial charge in [-0.3, -0.25) is 0 Å². The Hall–Kier alpha value is -1.60. The van der Waals surface area contributed by atoms with Crippen LogP contribution in [-0.2, 0) is 10.0 Å². The third-order valence-corrected chi connectivity index (χ3v) is 6.20. The Morgan fingerprint density at radius 3 is 2.44 bits per heavy atom. The van der Waals surface area contributed by atoms with E-state index in [4.69, 9.17) is 4.74 Å². The summed E-state index contributed by atoms with van der Waals surface area (Å²) in [6.45, 7) is 3.55. The maximum absolute atomic E-state index is 12.7. The van der Waals surface area contributed by atoms with Gasteiger partial charge in [0.05, 0.1) is 4.90 Å². The summed E-state index contributed by atoms with van der Waals surface area (Å²) in [7, 11) is -1.84. The van der Waals surface area contributed by atoms with Crippen LogP contribution < -0.4 is 10.1 Å². The van der Waals surface area contributed by atoms with Crippen molar-refractivity contribution in [2.45, 2.75) is 24.3 Å². The number of hydrogen-bond acceptors (Lipinski definition) is 4. The van der Waals surface area contributed by atoms with E-state index in [1.165, 1.54) is 4.31 Å². The second kappa shape index (κ2) is 8.19. The van der Waals surface area contributed by atoms with Crippen LogP contribution in [0.4, 0.5) is 0 Å². The Balaban J connectivity index is 0.00000225. The van der Waals surface area contributed by atoms with Crippen molar-refractivity contribution in [2.75, 3.05) is 20.1 Å². The summed E-state index contributed by atoms with van der Waals surface area (Å²) in [5, 5.41) is 3.19. The van der Waals surface area contributed by atoms with Gasteiger partial charge < -0.3 is 10.1 Å². The number of sulfonamides is 1. The topological polar surface area (TPSA) is 58.6 Å². The maximum Gasteiger partial charge on any atom is 0.243 e. The fourth-order valence-corrected chi connectivity index (χ4v) is 4.19. The van der Waals surface area contributed by atoms with Crippen molar-refractivity contribution in [1.29, 1.82) is 0 Å². The fraction of sp³-hybridized carbons (Fsp3) is 0.333. The number of aryl methyl sites for hydroxylation is 1. The fourth-order valence-electron chi connectivity index (χ4n) is 2.81. The summed E-state index contributed by atoms with van der Waals surface area (Å²) in [4.78, 5) is 0.286. The molecule has 0 aromatic heterocycles. The van der Waals surface area contributed by atoms with Crippen molar-refractivity contribution >= 4 is 22.4 Å². The number of nitrogens with one attached hydrogen (secondary N) is 1. The molecule has 0 bridgehead atoms. The predicted octanol–water partition coefficient (Wildman–Crippen LogP) is 3.19. The summed E-state index contributed by atoms with van der Waals surface area (Å²) in [6.07, 6.45) is 0.838.